The summed E-state index contributed by atoms with van der Waals surface area (Å²) in [5.41, 5.74) is -1.30. The van der Waals surface area contributed by atoms with Gasteiger partial charge in [-0.2, -0.15) is 25.8 Å². The predicted molar refractivity (Wildman–Crippen MR) is 66.3 cm³/mol. The Morgan fingerprint density at radius 1 is 1.32 bits per heavy atom. The van der Waals surface area contributed by atoms with Gasteiger partial charge < -0.3 is 10.2 Å². The van der Waals surface area contributed by atoms with E-state index in [1.165, 1.54) is 0 Å². The molecule has 0 aliphatic rings. The summed E-state index contributed by atoms with van der Waals surface area (Å²) in [5.74, 6) is 0.301. The highest BCUT2D eigenvalue weighted by Gasteiger charge is 2.32. The van der Waals surface area contributed by atoms with Gasteiger partial charge in [0.25, 0.3) is 0 Å². The number of aliphatic hydroxyl groups is 2. The van der Waals surface area contributed by atoms with Crippen LogP contribution in [0.15, 0.2) is 18.2 Å². The Hall–Kier alpha value is -1.05. The molecule has 2 N–H and O–H groups in total. The van der Waals surface area contributed by atoms with Crippen molar-refractivity contribution < 1.29 is 28.2 Å². The SMILES string of the molecule is O=Cc1cc(C(F)(F)F)ccc1C(O)C(O)CCS. The summed E-state index contributed by atoms with van der Waals surface area (Å²) < 4.78 is 37.4. The number of carbonyl (C=O) groups is 1. The van der Waals surface area contributed by atoms with Gasteiger partial charge in [0, 0.05) is 5.56 Å². The predicted octanol–water partition coefficient (Wildman–Crippen LogP) is 2.23. The Morgan fingerprint density at radius 2 is 1.95 bits per heavy atom. The molecule has 0 bridgehead atoms. The van der Waals surface area contributed by atoms with Crippen LogP contribution in [0.3, 0.4) is 0 Å². The Labute approximate surface area is 113 Å². The lowest BCUT2D eigenvalue weighted by molar-refractivity contribution is -0.137. The fourth-order valence-corrected chi connectivity index (χ4v) is 1.88. The third-order valence-electron chi connectivity index (χ3n) is 2.65. The first-order chi connectivity index (χ1) is 8.81. The molecule has 2 atom stereocenters. The van der Waals surface area contributed by atoms with Gasteiger partial charge in [0.2, 0.25) is 0 Å². The molecule has 0 radical (unpaired) electrons. The topological polar surface area (TPSA) is 57.5 Å². The van der Waals surface area contributed by atoms with Crippen molar-refractivity contribution in [2.75, 3.05) is 5.75 Å². The molecular formula is C12H13F3O3S. The zero-order chi connectivity index (χ0) is 14.6. The van der Waals surface area contributed by atoms with E-state index in [-0.39, 0.29) is 23.8 Å². The summed E-state index contributed by atoms with van der Waals surface area (Å²) in [6.45, 7) is 0. The molecule has 0 aliphatic heterocycles. The highest BCUT2D eigenvalue weighted by Crippen LogP contribution is 2.32. The maximum atomic E-state index is 12.5. The van der Waals surface area contributed by atoms with Crippen molar-refractivity contribution in [1.29, 1.82) is 0 Å². The molecule has 0 spiro atoms. The number of hydrogen-bond acceptors (Lipinski definition) is 4. The van der Waals surface area contributed by atoms with E-state index in [1.807, 2.05) is 0 Å². The van der Waals surface area contributed by atoms with Gasteiger partial charge in [-0.05, 0) is 29.9 Å². The molecule has 2 unspecified atom stereocenters. The minimum Gasteiger partial charge on any atom is -0.390 e. The molecule has 19 heavy (non-hydrogen) atoms. The number of alkyl halides is 3. The zero-order valence-electron chi connectivity index (χ0n) is 9.76. The van der Waals surface area contributed by atoms with Crippen molar-refractivity contribution in [3.63, 3.8) is 0 Å². The van der Waals surface area contributed by atoms with Crippen LogP contribution in [0.2, 0.25) is 0 Å². The number of benzene rings is 1. The fourth-order valence-electron chi connectivity index (χ4n) is 1.62. The molecule has 1 aromatic rings. The van der Waals surface area contributed by atoms with Crippen molar-refractivity contribution in [3.05, 3.63) is 34.9 Å². The molecule has 1 rings (SSSR count). The fraction of sp³-hybridized carbons (Fsp3) is 0.417. The van der Waals surface area contributed by atoms with Crippen LogP contribution >= 0.6 is 12.6 Å². The van der Waals surface area contributed by atoms with Crippen LogP contribution in [-0.4, -0.2) is 28.4 Å². The molecular weight excluding hydrogens is 281 g/mol. The smallest absolute Gasteiger partial charge is 0.390 e. The Bertz CT molecular complexity index is 448. The number of halogens is 3. The zero-order valence-corrected chi connectivity index (χ0v) is 10.7. The Kier molecular flexibility index (Phi) is 5.39. The maximum absolute atomic E-state index is 12.5. The van der Waals surface area contributed by atoms with Crippen molar-refractivity contribution in [2.45, 2.75) is 24.8 Å². The molecule has 0 amide bonds. The van der Waals surface area contributed by atoms with Crippen LogP contribution in [-0.2, 0) is 6.18 Å². The summed E-state index contributed by atoms with van der Waals surface area (Å²) in [4.78, 5) is 10.8. The lowest BCUT2D eigenvalue weighted by atomic mass is 9.96. The van der Waals surface area contributed by atoms with Crippen molar-refractivity contribution in [2.24, 2.45) is 0 Å². The van der Waals surface area contributed by atoms with Crippen LogP contribution in [0.4, 0.5) is 13.2 Å². The number of carbonyl (C=O) groups excluding carboxylic acids is 1. The van der Waals surface area contributed by atoms with Gasteiger partial charge in [-0.1, -0.05) is 6.07 Å². The standard InChI is InChI=1S/C12H13F3O3S/c13-12(14,15)8-1-2-9(7(5-8)6-16)11(18)10(17)3-4-19/h1-2,5-6,10-11,17-19H,3-4H2. The van der Waals surface area contributed by atoms with Crippen molar-refractivity contribution >= 4 is 18.9 Å². The average Bonchev–Trinajstić information content (AvgIpc) is 2.36. The minimum absolute atomic E-state index is 0.0303. The molecule has 0 heterocycles. The number of rotatable bonds is 5. The van der Waals surface area contributed by atoms with E-state index in [1.54, 1.807) is 0 Å². The molecule has 0 aromatic heterocycles. The van der Waals surface area contributed by atoms with Crippen LogP contribution in [0.5, 0.6) is 0 Å². The van der Waals surface area contributed by atoms with E-state index >= 15 is 0 Å². The lowest BCUT2D eigenvalue weighted by Gasteiger charge is -2.19. The second-order valence-corrected chi connectivity index (χ2v) is 4.43. The van der Waals surface area contributed by atoms with E-state index in [9.17, 15) is 28.2 Å². The molecule has 106 valence electrons. The molecule has 3 nitrogen and oxygen atoms in total. The van der Waals surface area contributed by atoms with Gasteiger partial charge >= 0.3 is 6.18 Å². The van der Waals surface area contributed by atoms with E-state index in [2.05, 4.69) is 12.6 Å². The molecule has 7 heteroatoms. The van der Waals surface area contributed by atoms with E-state index in [0.29, 0.717) is 11.8 Å². The van der Waals surface area contributed by atoms with Crippen LogP contribution < -0.4 is 0 Å². The van der Waals surface area contributed by atoms with Gasteiger partial charge in [-0.3, -0.25) is 4.79 Å². The summed E-state index contributed by atoms with van der Waals surface area (Å²) in [6.07, 6.45) is -6.79. The second-order valence-electron chi connectivity index (χ2n) is 3.98. The molecule has 1 aromatic carbocycles. The molecule has 0 aliphatic carbocycles. The second kappa shape index (κ2) is 6.40. The third-order valence-corrected chi connectivity index (χ3v) is 2.91. The van der Waals surface area contributed by atoms with Crippen LogP contribution in [0.25, 0.3) is 0 Å². The van der Waals surface area contributed by atoms with E-state index in [0.717, 1.165) is 12.1 Å². The minimum atomic E-state index is -4.56. The van der Waals surface area contributed by atoms with Gasteiger partial charge in [-0.25, -0.2) is 0 Å². The largest absolute Gasteiger partial charge is 0.416 e. The first kappa shape index (κ1) is 16.0. The number of hydrogen-bond donors (Lipinski definition) is 3. The summed E-state index contributed by atoms with van der Waals surface area (Å²) in [5, 5.41) is 19.4. The van der Waals surface area contributed by atoms with Crippen molar-refractivity contribution in [3.8, 4) is 0 Å². The highest BCUT2D eigenvalue weighted by atomic mass is 32.1. The quantitative estimate of drug-likeness (QED) is 0.576. The highest BCUT2D eigenvalue weighted by molar-refractivity contribution is 7.80. The maximum Gasteiger partial charge on any atom is 0.416 e. The summed E-state index contributed by atoms with van der Waals surface area (Å²) in [6, 6.07) is 2.41. The summed E-state index contributed by atoms with van der Waals surface area (Å²) in [7, 11) is 0. The molecule has 0 saturated carbocycles. The van der Waals surface area contributed by atoms with Crippen LogP contribution in [0.1, 0.15) is 34.0 Å². The van der Waals surface area contributed by atoms with Crippen molar-refractivity contribution in [1.82, 2.24) is 0 Å². The van der Waals surface area contributed by atoms with Gasteiger partial charge in [0.15, 0.2) is 0 Å². The Balaban J connectivity index is 3.12. The van der Waals surface area contributed by atoms with Gasteiger partial charge in [0.05, 0.1) is 11.7 Å². The van der Waals surface area contributed by atoms with E-state index < -0.39 is 23.9 Å². The first-order valence-electron chi connectivity index (χ1n) is 5.44. The summed E-state index contributed by atoms with van der Waals surface area (Å²) >= 11 is 3.88. The Morgan fingerprint density at radius 3 is 2.42 bits per heavy atom. The molecule has 0 fully saturated rings. The van der Waals surface area contributed by atoms with E-state index in [4.69, 9.17) is 0 Å². The first-order valence-corrected chi connectivity index (χ1v) is 6.07. The van der Waals surface area contributed by atoms with Gasteiger partial charge in [0.1, 0.15) is 12.4 Å². The average molecular weight is 294 g/mol. The number of aldehydes is 1. The number of aliphatic hydroxyl groups excluding tert-OH is 2. The molecule has 0 saturated heterocycles. The lowest BCUT2D eigenvalue weighted by Crippen LogP contribution is -2.20. The normalized spacial score (nSPS) is 15.1. The monoisotopic (exact) mass is 294 g/mol. The third kappa shape index (κ3) is 3.95. The van der Waals surface area contributed by atoms with Gasteiger partial charge in [-0.15, -0.1) is 0 Å². The number of thiol groups is 1. The van der Waals surface area contributed by atoms with Crippen LogP contribution in [0, 0.1) is 0 Å².